The largest absolute Gasteiger partial charge is 0.349 e. The molecule has 0 aliphatic heterocycles. The Hall–Kier alpha value is -2.77. The summed E-state index contributed by atoms with van der Waals surface area (Å²) in [6.07, 6.45) is 0. The average molecular weight is 401 g/mol. The second kappa shape index (κ2) is 8.75. The fourth-order valence-electron chi connectivity index (χ4n) is 2.38. The van der Waals surface area contributed by atoms with Gasteiger partial charge in [0.05, 0.1) is 0 Å². The van der Waals surface area contributed by atoms with Gasteiger partial charge in [-0.25, -0.2) is 0 Å². The van der Waals surface area contributed by atoms with E-state index in [0.717, 1.165) is 16.9 Å². The molecule has 8 heteroatoms. The Bertz CT molecular complexity index is 946. The number of hydrogen-bond acceptors (Lipinski definition) is 5. The standard InChI is InChI=1S/C19H17ClN4O2S/c1-12(13-6-3-2-4-7-13)11-21-16(25)18-23-24-19(27-18)17(26)22-15-9-5-8-14(20)10-15/h2-10,12H,11H2,1H3,(H,21,25)(H,22,26)/t12-/m1/s1. The van der Waals surface area contributed by atoms with Crippen molar-refractivity contribution in [2.75, 3.05) is 11.9 Å². The van der Waals surface area contributed by atoms with E-state index in [2.05, 4.69) is 20.8 Å². The molecule has 6 nitrogen and oxygen atoms in total. The van der Waals surface area contributed by atoms with Crippen LogP contribution in [0.3, 0.4) is 0 Å². The molecule has 0 spiro atoms. The lowest BCUT2D eigenvalue weighted by Gasteiger charge is -2.11. The predicted molar refractivity (Wildman–Crippen MR) is 107 cm³/mol. The summed E-state index contributed by atoms with van der Waals surface area (Å²) in [5.41, 5.74) is 1.68. The van der Waals surface area contributed by atoms with Crippen molar-refractivity contribution in [2.24, 2.45) is 0 Å². The van der Waals surface area contributed by atoms with Gasteiger partial charge in [-0.15, -0.1) is 10.2 Å². The molecule has 3 aromatic rings. The van der Waals surface area contributed by atoms with E-state index < -0.39 is 5.91 Å². The van der Waals surface area contributed by atoms with Gasteiger partial charge in [-0.05, 0) is 29.7 Å². The Labute approximate surface area is 165 Å². The molecule has 1 atom stereocenters. The molecular weight excluding hydrogens is 384 g/mol. The molecule has 1 aromatic heterocycles. The van der Waals surface area contributed by atoms with Gasteiger partial charge in [0.15, 0.2) is 0 Å². The number of nitrogens with zero attached hydrogens (tertiary/aromatic N) is 2. The Kier molecular flexibility index (Phi) is 6.16. The number of aromatic nitrogens is 2. The summed E-state index contributed by atoms with van der Waals surface area (Å²) >= 11 is 6.84. The molecule has 0 aliphatic carbocycles. The molecule has 0 unspecified atom stereocenters. The fourth-order valence-corrected chi connectivity index (χ4v) is 3.22. The molecule has 3 rings (SSSR count). The Morgan fingerprint density at radius 3 is 2.44 bits per heavy atom. The first-order valence-electron chi connectivity index (χ1n) is 8.26. The van der Waals surface area contributed by atoms with Crippen molar-refractivity contribution in [1.82, 2.24) is 15.5 Å². The van der Waals surface area contributed by atoms with Crippen LogP contribution in [-0.2, 0) is 0 Å². The van der Waals surface area contributed by atoms with Crippen LogP contribution < -0.4 is 10.6 Å². The van der Waals surface area contributed by atoms with Crippen LogP contribution in [0.25, 0.3) is 0 Å². The molecule has 0 fully saturated rings. The molecule has 27 heavy (non-hydrogen) atoms. The second-order valence-electron chi connectivity index (χ2n) is 5.90. The summed E-state index contributed by atoms with van der Waals surface area (Å²) in [6.45, 7) is 2.49. The van der Waals surface area contributed by atoms with E-state index in [-0.39, 0.29) is 21.8 Å². The molecule has 0 bridgehead atoms. The van der Waals surface area contributed by atoms with Gasteiger partial charge < -0.3 is 10.6 Å². The summed E-state index contributed by atoms with van der Waals surface area (Å²) in [5.74, 6) is -0.628. The van der Waals surface area contributed by atoms with E-state index in [4.69, 9.17) is 11.6 Å². The van der Waals surface area contributed by atoms with Gasteiger partial charge in [-0.2, -0.15) is 0 Å². The normalized spacial score (nSPS) is 11.6. The van der Waals surface area contributed by atoms with Gasteiger partial charge in [-0.1, -0.05) is 66.3 Å². The van der Waals surface area contributed by atoms with Crippen LogP contribution in [0.1, 0.15) is 38.0 Å². The lowest BCUT2D eigenvalue weighted by Crippen LogP contribution is -2.27. The first kappa shape index (κ1) is 19.0. The third-order valence-electron chi connectivity index (χ3n) is 3.83. The minimum Gasteiger partial charge on any atom is -0.349 e. The lowest BCUT2D eigenvalue weighted by molar-refractivity contribution is 0.0949. The van der Waals surface area contributed by atoms with Gasteiger partial charge in [0.2, 0.25) is 10.0 Å². The molecular formula is C19H17ClN4O2S. The van der Waals surface area contributed by atoms with Crippen LogP contribution in [0.5, 0.6) is 0 Å². The van der Waals surface area contributed by atoms with Gasteiger partial charge >= 0.3 is 0 Å². The zero-order valence-electron chi connectivity index (χ0n) is 14.5. The maximum absolute atomic E-state index is 12.3. The van der Waals surface area contributed by atoms with Crippen molar-refractivity contribution >= 4 is 40.4 Å². The minimum atomic E-state index is -0.438. The summed E-state index contributed by atoms with van der Waals surface area (Å²) in [7, 11) is 0. The topological polar surface area (TPSA) is 84.0 Å². The fraction of sp³-hybridized carbons (Fsp3) is 0.158. The number of amides is 2. The molecule has 1 heterocycles. The number of carbonyl (C=O) groups excluding carboxylic acids is 2. The second-order valence-corrected chi connectivity index (χ2v) is 7.31. The third-order valence-corrected chi connectivity index (χ3v) is 4.99. The maximum atomic E-state index is 12.3. The Morgan fingerprint density at radius 2 is 1.74 bits per heavy atom. The van der Waals surface area contributed by atoms with E-state index in [0.29, 0.717) is 17.3 Å². The number of benzene rings is 2. The zero-order valence-corrected chi connectivity index (χ0v) is 16.1. The number of carbonyl (C=O) groups is 2. The smallest absolute Gasteiger partial charge is 0.286 e. The van der Waals surface area contributed by atoms with E-state index in [1.807, 2.05) is 37.3 Å². The highest BCUT2D eigenvalue weighted by atomic mass is 35.5. The summed E-state index contributed by atoms with van der Waals surface area (Å²) < 4.78 is 0. The Morgan fingerprint density at radius 1 is 1.04 bits per heavy atom. The monoisotopic (exact) mass is 400 g/mol. The van der Waals surface area contributed by atoms with E-state index in [1.54, 1.807) is 24.3 Å². The minimum absolute atomic E-state index is 0.108. The van der Waals surface area contributed by atoms with Crippen LogP contribution in [-0.4, -0.2) is 28.6 Å². The Balaban J connectivity index is 1.58. The van der Waals surface area contributed by atoms with Gasteiger partial charge in [-0.3, -0.25) is 9.59 Å². The van der Waals surface area contributed by atoms with Crippen LogP contribution in [0.15, 0.2) is 54.6 Å². The van der Waals surface area contributed by atoms with Crippen LogP contribution >= 0.6 is 22.9 Å². The average Bonchev–Trinajstić information content (AvgIpc) is 3.17. The summed E-state index contributed by atoms with van der Waals surface area (Å²) in [4.78, 5) is 24.5. The zero-order chi connectivity index (χ0) is 19.2. The van der Waals surface area contributed by atoms with Gasteiger partial charge in [0.25, 0.3) is 11.8 Å². The molecule has 0 saturated heterocycles. The van der Waals surface area contributed by atoms with Gasteiger partial charge in [0, 0.05) is 17.3 Å². The third kappa shape index (κ3) is 5.12. The SMILES string of the molecule is C[C@H](CNC(=O)c1nnc(C(=O)Nc2cccc(Cl)c2)s1)c1ccccc1. The molecule has 2 N–H and O–H groups in total. The van der Waals surface area contributed by atoms with Crippen molar-refractivity contribution in [3.8, 4) is 0 Å². The van der Waals surface area contributed by atoms with Crippen LogP contribution in [0.4, 0.5) is 5.69 Å². The summed E-state index contributed by atoms with van der Waals surface area (Å²) in [6, 6.07) is 16.7. The maximum Gasteiger partial charge on any atom is 0.286 e. The summed E-state index contributed by atoms with van der Waals surface area (Å²) in [5, 5.41) is 13.9. The van der Waals surface area contributed by atoms with Crippen molar-refractivity contribution in [3.05, 3.63) is 75.2 Å². The molecule has 0 radical (unpaired) electrons. The first-order valence-corrected chi connectivity index (χ1v) is 9.46. The highest BCUT2D eigenvalue weighted by Crippen LogP contribution is 2.18. The molecule has 138 valence electrons. The number of anilines is 1. The van der Waals surface area contributed by atoms with Crippen LogP contribution in [0, 0.1) is 0 Å². The highest BCUT2D eigenvalue weighted by Gasteiger charge is 2.18. The van der Waals surface area contributed by atoms with E-state index >= 15 is 0 Å². The molecule has 0 saturated carbocycles. The number of halogens is 1. The van der Waals surface area contributed by atoms with Crippen molar-refractivity contribution in [1.29, 1.82) is 0 Å². The molecule has 2 amide bonds. The van der Waals surface area contributed by atoms with Gasteiger partial charge in [0.1, 0.15) is 0 Å². The van der Waals surface area contributed by atoms with E-state index in [1.165, 1.54) is 0 Å². The number of rotatable bonds is 6. The van der Waals surface area contributed by atoms with Crippen molar-refractivity contribution in [2.45, 2.75) is 12.8 Å². The number of nitrogens with one attached hydrogen (secondary N) is 2. The predicted octanol–water partition coefficient (Wildman–Crippen LogP) is 3.98. The highest BCUT2D eigenvalue weighted by molar-refractivity contribution is 7.15. The lowest BCUT2D eigenvalue weighted by atomic mass is 10.0. The van der Waals surface area contributed by atoms with Crippen molar-refractivity contribution in [3.63, 3.8) is 0 Å². The van der Waals surface area contributed by atoms with Crippen molar-refractivity contribution < 1.29 is 9.59 Å². The molecule has 0 aliphatic rings. The number of hydrogen-bond donors (Lipinski definition) is 2. The first-order chi connectivity index (χ1) is 13.0. The molecule has 2 aromatic carbocycles. The van der Waals surface area contributed by atoms with E-state index in [9.17, 15) is 9.59 Å². The van der Waals surface area contributed by atoms with Crippen LogP contribution in [0.2, 0.25) is 5.02 Å². The quantitative estimate of drug-likeness (QED) is 0.655.